The standard InChI is InChI=1S/C14H16BrNO2/c15-13-11-6-7-16(8-12(11)13)14(17)18-9-10-4-2-1-3-5-10/h1-5,11-13H,6-9H2/t11-,12+,13+/m1/s1. The molecule has 1 saturated heterocycles. The lowest BCUT2D eigenvalue weighted by Crippen LogP contribution is -2.37. The van der Waals surface area contributed by atoms with Crippen molar-refractivity contribution in [3.8, 4) is 0 Å². The molecule has 2 fully saturated rings. The monoisotopic (exact) mass is 309 g/mol. The number of alkyl halides is 1. The number of ether oxygens (including phenoxy) is 1. The summed E-state index contributed by atoms with van der Waals surface area (Å²) in [5.41, 5.74) is 1.03. The van der Waals surface area contributed by atoms with Crippen LogP contribution in [-0.2, 0) is 11.3 Å². The predicted molar refractivity (Wildman–Crippen MR) is 72.5 cm³/mol. The van der Waals surface area contributed by atoms with Crippen LogP contribution >= 0.6 is 15.9 Å². The Kier molecular flexibility index (Phi) is 3.29. The van der Waals surface area contributed by atoms with Gasteiger partial charge < -0.3 is 9.64 Å². The minimum Gasteiger partial charge on any atom is -0.445 e. The Morgan fingerprint density at radius 2 is 2.11 bits per heavy atom. The lowest BCUT2D eigenvalue weighted by Gasteiger charge is -2.25. The van der Waals surface area contributed by atoms with E-state index in [1.807, 2.05) is 35.2 Å². The third-order valence-corrected chi connectivity index (χ3v) is 5.21. The van der Waals surface area contributed by atoms with Crippen molar-refractivity contribution in [1.82, 2.24) is 4.90 Å². The molecular weight excluding hydrogens is 294 g/mol. The third kappa shape index (κ3) is 2.39. The molecule has 1 aliphatic heterocycles. The summed E-state index contributed by atoms with van der Waals surface area (Å²) < 4.78 is 5.34. The maximum Gasteiger partial charge on any atom is 0.410 e. The topological polar surface area (TPSA) is 29.5 Å². The lowest BCUT2D eigenvalue weighted by atomic mass is 10.1. The highest BCUT2D eigenvalue weighted by Gasteiger charge is 2.52. The van der Waals surface area contributed by atoms with E-state index >= 15 is 0 Å². The van der Waals surface area contributed by atoms with E-state index in [1.54, 1.807) is 0 Å². The van der Waals surface area contributed by atoms with E-state index in [-0.39, 0.29) is 6.09 Å². The zero-order valence-corrected chi connectivity index (χ0v) is 11.7. The number of nitrogens with zero attached hydrogens (tertiary/aromatic N) is 1. The van der Waals surface area contributed by atoms with Crippen molar-refractivity contribution in [2.75, 3.05) is 13.1 Å². The Labute approximate surface area is 115 Å². The van der Waals surface area contributed by atoms with Crippen LogP contribution in [-0.4, -0.2) is 28.9 Å². The van der Waals surface area contributed by atoms with Gasteiger partial charge in [-0.3, -0.25) is 0 Å². The number of piperidine rings is 1. The molecule has 0 unspecified atom stereocenters. The van der Waals surface area contributed by atoms with Crippen molar-refractivity contribution < 1.29 is 9.53 Å². The highest BCUT2D eigenvalue weighted by atomic mass is 79.9. The van der Waals surface area contributed by atoms with Crippen molar-refractivity contribution in [1.29, 1.82) is 0 Å². The van der Waals surface area contributed by atoms with Crippen LogP contribution < -0.4 is 0 Å². The fourth-order valence-electron chi connectivity index (χ4n) is 2.63. The molecule has 1 amide bonds. The number of hydrogen-bond donors (Lipinski definition) is 0. The Morgan fingerprint density at radius 3 is 2.83 bits per heavy atom. The first-order valence-electron chi connectivity index (χ1n) is 6.35. The summed E-state index contributed by atoms with van der Waals surface area (Å²) in [4.78, 5) is 14.4. The van der Waals surface area contributed by atoms with Gasteiger partial charge in [0.1, 0.15) is 6.61 Å². The van der Waals surface area contributed by atoms with E-state index in [4.69, 9.17) is 4.74 Å². The van der Waals surface area contributed by atoms with Crippen molar-refractivity contribution in [3.63, 3.8) is 0 Å². The summed E-state index contributed by atoms with van der Waals surface area (Å²) in [7, 11) is 0. The van der Waals surface area contributed by atoms with Gasteiger partial charge in [0.05, 0.1) is 0 Å². The molecule has 1 aromatic rings. The second kappa shape index (κ2) is 4.92. The molecule has 0 aromatic heterocycles. The maximum absolute atomic E-state index is 11.9. The van der Waals surface area contributed by atoms with Crippen molar-refractivity contribution in [3.05, 3.63) is 35.9 Å². The second-order valence-corrected chi connectivity index (χ2v) is 6.10. The van der Waals surface area contributed by atoms with E-state index in [2.05, 4.69) is 15.9 Å². The zero-order chi connectivity index (χ0) is 12.5. The Hall–Kier alpha value is -1.03. The molecular formula is C14H16BrNO2. The molecule has 1 heterocycles. The first kappa shape index (κ1) is 12.0. The van der Waals surface area contributed by atoms with Gasteiger partial charge in [-0.05, 0) is 23.8 Å². The van der Waals surface area contributed by atoms with E-state index in [0.29, 0.717) is 17.4 Å². The second-order valence-electron chi connectivity index (χ2n) is 5.05. The van der Waals surface area contributed by atoms with Gasteiger partial charge in [-0.1, -0.05) is 46.3 Å². The van der Waals surface area contributed by atoms with Crippen LogP contribution in [0.3, 0.4) is 0 Å². The molecule has 18 heavy (non-hydrogen) atoms. The lowest BCUT2D eigenvalue weighted by molar-refractivity contribution is 0.0878. The van der Waals surface area contributed by atoms with Crippen molar-refractivity contribution in [2.24, 2.45) is 11.8 Å². The van der Waals surface area contributed by atoms with Gasteiger partial charge in [-0.2, -0.15) is 0 Å². The van der Waals surface area contributed by atoms with Gasteiger partial charge in [-0.15, -0.1) is 0 Å². The summed E-state index contributed by atoms with van der Waals surface area (Å²) in [5, 5.41) is 0. The summed E-state index contributed by atoms with van der Waals surface area (Å²) in [5.74, 6) is 1.42. The maximum atomic E-state index is 11.9. The van der Waals surface area contributed by atoms with Gasteiger partial charge in [0.15, 0.2) is 0 Å². The molecule has 1 aliphatic carbocycles. The molecule has 0 spiro atoms. The molecule has 1 saturated carbocycles. The number of benzene rings is 1. The number of carbonyl (C=O) groups excluding carboxylic acids is 1. The molecule has 3 rings (SSSR count). The van der Waals surface area contributed by atoms with Crippen LogP contribution in [0.1, 0.15) is 12.0 Å². The molecule has 1 aromatic carbocycles. The van der Waals surface area contributed by atoms with Crippen molar-refractivity contribution in [2.45, 2.75) is 17.9 Å². The molecule has 0 radical (unpaired) electrons. The molecule has 4 heteroatoms. The van der Waals surface area contributed by atoms with E-state index < -0.39 is 0 Å². The fraction of sp³-hybridized carbons (Fsp3) is 0.500. The van der Waals surface area contributed by atoms with Crippen LogP contribution in [0.25, 0.3) is 0 Å². The van der Waals surface area contributed by atoms with Gasteiger partial charge >= 0.3 is 6.09 Å². The molecule has 2 aliphatic rings. The zero-order valence-electron chi connectivity index (χ0n) is 10.1. The van der Waals surface area contributed by atoms with Gasteiger partial charge in [0.2, 0.25) is 0 Å². The Bertz CT molecular complexity index is 437. The number of hydrogen-bond acceptors (Lipinski definition) is 2. The molecule has 0 bridgehead atoms. The van der Waals surface area contributed by atoms with Gasteiger partial charge in [0.25, 0.3) is 0 Å². The first-order valence-corrected chi connectivity index (χ1v) is 7.27. The molecule has 96 valence electrons. The van der Waals surface area contributed by atoms with E-state index in [0.717, 1.165) is 31.0 Å². The number of amides is 1. The number of fused-ring (bicyclic) bond motifs is 1. The van der Waals surface area contributed by atoms with Crippen LogP contribution in [0.2, 0.25) is 0 Å². The number of carbonyl (C=O) groups is 1. The average molecular weight is 310 g/mol. The highest BCUT2D eigenvalue weighted by Crippen LogP contribution is 2.50. The van der Waals surface area contributed by atoms with Crippen LogP contribution in [0.5, 0.6) is 0 Å². The van der Waals surface area contributed by atoms with Crippen LogP contribution in [0.4, 0.5) is 4.79 Å². The predicted octanol–water partition coefficient (Wildman–Crippen LogP) is 3.04. The Balaban J connectivity index is 1.50. The molecule has 3 atom stereocenters. The average Bonchev–Trinajstić information content (AvgIpc) is 3.07. The summed E-state index contributed by atoms with van der Waals surface area (Å²) in [6.07, 6.45) is 0.921. The van der Waals surface area contributed by atoms with Crippen LogP contribution in [0, 0.1) is 11.8 Å². The Morgan fingerprint density at radius 1 is 1.33 bits per heavy atom. The number of likely N-dealkylation sites (tertiary alicyclic amines) is 1. The normalized spacial score (nSPS) is 29.6. The van der Waals surface area contributed by atoms with Crippen molar-refractivity contribution >= 4 is 22.0 Å². The highest BCUT2D eigenvalue weighted by molar-refractivity contribution is 9.09. The number of rotatable bonds is 2. The fourth-order valence-corrected chi connectivity index (χ4v) is 3.67. The summed E-state index contributed by atoms with van der Waals surface area (Å²) >= 11 is 3.65. The summed E-state index contributed by atoms with van der Waals surface area (Å²) in [6.45, 7) is 2.03. The number of halogens is 1. The molecule has 3 nitrogen and oxygen atoms in total. The van der Waals surface area contributed by atoms with Gasteiger partial charge in [0, 0.05) is 17.9 Å². The van der Waals surface area contributed by atoms with E-state index in [1.165, 1.54) is 0 Å². The minimum absolute atomic E-state index is 0.177. The van der Waals surface area contributed by atoms with Gasteiger partial charge in [-0.25, -0.2) is 4.79 Å². The smallest absolute Gasteiger partial charge is 0.410 e. The van der Waals surface area contributed by atoms with E-state index in [9.17, 15) is 4.79 Å². The van der Waals surface area contributed by atoms with Crippen LogP contribution in [0.15, 0.2) is 30.3 Å². The molecule has 0 N–H and O–H groups in total. The quantitative estimate of drug-likeness (QED) is 0.786. The SMILES string of the molecule is O=C(OCc1ccccc1)N1CC[C@H]2[C@H](Br)[C@H]2C1. The third-order valence-electron chi connectivity index (χ3n) is 3.85. The first-order chi connectivity index (χ1) is 8.75. The minimum atomic E-state index is -0.177. The largest absolute Gasteiger partial charge is 0.445 e. The summed E-state index contributed by atoms with van der Waals surface area (Å²) in [6, 6.07) is 9.80.